The summed E-state index contributed by atoms with van der Waals surface area (Å²) in [5.74, 6) is -0.417. The highest BCUT2D eigenvalue weighted by Crippen LogP contribution is 2.05. The van der Waals surface area contributed by atoms with Crippen LogP contribution in [0.2, 0.25) is 0 Å². The first-order chi connectivity index (χ1) is 3.12. The van der Waals surface area contributed by atoms with Crippen molar-refractivity contribution in [2.24, 2.45) is 0 Å². The summed E-state index contributed by atoms with van der Waals surface area (Å²) in [7, 11) is 3.23. The summed E-state index contributed by atoms with van der Waals surface area (Å²) >= 11 is 0. The minimum atomic E-state index is -0.417. The minimum Gasteiger partial charge on any atom is -0.354 e. The van der Waals surface area contributed by atoms with Gasteiger partial charge in [0.2, 0.25) is 0 Å². The molecule has 0 rings (SSSR count). The molecule has 0 aromatic rings. The number of hydrogen-bond acceptors (Lipinski definition) is 2. The van der Waals surface area contributed by atoms with Gasteiger partial charge in [0, 0.05) is 14.2 Å². The lowest BCUT2D eigenvalue weighted by molar-refractivity contribution is -0.178. The van der Waals surface area contributed by atoms with Crippen molar-refractivity contribution in [2.45, 2.75) is 27.1 Å². The third kappa shape index (κ3) is 4.09. The van der Waals surface area contributed by atoms with Crippen molar-refractivity contribution in [3.63, 3.8) is 0 Å². The molecule has 0 fully saturated rings. The summed E-state index contributed by atoms with van der Waals surface area (Å²) in [5, 5.41) is 0. The lowest BCUT2D eigenvalue weighted by atomic mass is 10.4. The topological polar surface area (TPSA) is 18.5 Å². The fourth-order valence-electron chi connectivity index (χ4n) is 0.0833. The number of methoxy groups -OCH3 is 2. The Morgan fingerprint density at radius 2 is 1.25 bits per heavy atom. The monoisotopic (exact) mass is 120 g/mol. The largest absolute Gasteiger partial charge is 0.354 e. The van der Waals surface area contributed by atoms with Crippen LogP contribution in [0.5, 0.6) is 0 Å². The molecule has 0 amide bonds. The quantitative estimate of drug-likeness (QED) is 0.516. The van der Waals surface area contributed by atoms with E-state index in [0.717, 1.165) is 0 Å². The van der Waals surface area contributed by atoms with Gasteiger partial charge in [-0.15, -0.1) is 0 Å². The van der Waals surface area contributed by atoms with Crippen molar-refractivity contribution in [2.75, 3.05) is 14.2 Å². The predicted octanol–water partition coefficient (Wildman–Crippen LogP) is 1.65. The molecule has 0 aliphatic heterocycles. The SMILES string of the molecule is C.COC(C)(C)OC. The van der Waals surface area contributed by atoms with Crippen LogP contribution < -0.4 is 0 Å². The first-order valence-corrected chi connectivity index (χ1v) is 2.22. The van der Waals surface area contributed by atoms with Gasteiger partial charge in [-0.1, -0.05) is 7.43 Å². The molecule has 0 atom stereocenters. The summed E-state index contributed by atoms with van der Waals surface area (Å²) in [4.78, 5) is 0. The molecule has 0 aliphatic rings. The normalized spacial score (nSPS) is 10.5. The molecule has 0 spiro atoms. The van der Waals surface area contributed by atoms with Crippen LogP contribution in [0.25, 0.3) is 0 Å². The third-order valence-electron chi connectivity index (χ3n) is 0.983. The molecule has 8 heavy (non-hydrogen) atoms. The first-order valence-electron chi connectivity index (χ1n) is 2.22. The lowest BCUT2D eigenvalue weighted by Crippen LogP contribution is -2.24. The van der Waals surface area contributed by atoms with E-state index in [-0.39, 0.29) is 7.43 Å². The molecule has 0 radical (unpaired) electrons. The van der Waals surface area contributed by atoms with Gasteiger partial charge >= 0.3 is 0 Å². The smallest absolute Gasteiger partial charge is 0.161 e. The summed E-state index contributed by atoms with van der Waals surface area (Å²) in [6.07, 6.45) is 0. The van der Waals surface area contributed by atoms with Gasteiger partial charge < -0.3 is 9.47 Å². The Labute approximate surface area is 51.8 Å². The summed E-state index contributed by atoms with van der Waals surface area (Å²) in [6.45, 7) is 3.71. The molecule has 0 unspecified atom stereocenters. The van der Waals surface area contributed by atoms with E-state index in [9.17, 15) is 0 Å². The maximum Gasteiger partial charge on any atom is 0.161 e. The van der Waals surface area contributed by atoms with Gasteiger partial charge in [0.1, 0.15) is 0 Å². The second-order valence-corrected chi connectivity index (χ2v) is 1.81. The van der Waals surface area contributed by atoms with E-state index in [2.05, 4.69) is 0 Å². The second-order valence-electron chi connectivity index (χ2n) is 1.81. The van der Waals surface area contributed by atoms with Gasteiger partial charge in [-0.2, -0.15) is 0 Å². The van der Waals surface area contributed by atoms with Crippen LogP contribution in [0.3, 0.4) is 0 Å². The third-order valence-corrected chi connectivity index (χ3v) is 0.983. The molecule has 0 aromatic carbocycles. The zero-order chi connectivity index (χ0) is 5.91. The van der Waals surface area contributed by atoms with Crippen molar-refractivity contribution in [3.05, 3.63) is 0 Å². The number of ether oxygens (including phenoxy) is 2. The van der Waals surface area contributed by atoms with Gasteiger partial charge in [0.05, 0.1) is 0 Å². The Morgan fingerprint density at radius 3 is 1.25 bits per heavy atom. The minimum absolute atomic E-state index is 0. The van der Waals surface area contributed by atoms with Gasteiger partial charge in [-0.05, 0) is 13.8 Å². The summed E-state index contributed by atoms with van der Waals surface area (Å²) in [6, 6.07) is 0. The van der Waals surface area contributed by atoms with E-state index in [0.29, 0.717) is 0 Å². The van der Waals surface area contributed by atoms with E-state index in [1.54, 1.807) is 14.2 Å². The van der Waals surface area contributed by atoms with Crippen molar-refractivity contribution < 1.29 is 9.47 Å². The highest BCUT2D eigenvalue weighted by molar-refractivity contribution is 4.47. The Balaban J connectivity index is 0. The Hall–Kier alpha value is -0.0800. The molecule has 0 saturated heterocycles. The fraction of sp³-hybridized carbons (Fsp3) is 1.00. The van der Waals surface area contributed by atoms with E-state index in [1.807, 2.05) is 13.8 Å². The summed E-state index contributed by atoms with van der Waals surface area (Å²) < 4.78 is 9.73. The lowest BCUT2D eigenvalue weighted by Gasteiger charge is -2.19. The Kier molecular flexibility index (Phi) is 5.23. The molecule has 0 aliphatic carbocycles. The summed E-state index contributed by atoms with van der Waals surface area (Å²) in [5.41, 5.74) is 0. The van der Waals surface area contributed by atoms with Gasteiger partial charge in [0.25, 0.3) is 0 Å². The zero-order valence-electron chi connectivity index (χ0n) is 5.32. The van der Waals surface area contributed by atoms with Gasteiger partial charge in [-0.3, -0.25) is 0 Å². The molecular formula is C6H16O2. The molecular weight excluding hydrogens is 104 g/mol. The molecule has 0 aromatic heterocycles. The van der Waals surface area contributed by atoms with Crippen molar-refractivity contribution in [1.29, 1.82) is 0 Å². The first kappa shape index (κ1) is 10.8. The van der Waals surface area contributed by atoms with E-state index >= 15 is 0 Å². The fourth-order valence-corrected chi connectivity index (χ4v) is 0.0833. The molecule has 0 N–H and O–H groups in total. The van der Waals surface area contributed by atoms with Crippen molar-refractivity contribution in [1.82, 2.24) is 0 Å². The van der Waals surface area contributed by atoms with Gasteiger partial charge in [-0.25, -0.2) is 0 Å². The van der Waals surface area contributed by atoms with E-state index < -0.39 is 5.79 Å². The van der Waals surface area contributed by atoms with Crippen molar-refractivity contribution >= 4 is 0 Å². The van der Waals surface area contributed by atoms with E-state index in [4.69, 9.17) is 9.47 Å². The maximum atomic E-state index is 4.86. The van der Waals surface area contributed by atoms with Crippen LogP contribution in [0.4, 0.5) is 0 Å². The van der Waals surface area contributed by atoms with Gasteiger partial charge in [0.15, 0.2) is 5.79 Å². The second kappa shape index (κ2) is 3.87. The van der Waals surface area contributed by atoms with Crippen molar-refractivity contribution in [3.8, 4) is 0 Å². The molecule has 0 heterocycles. The Bertz CT molecular complexity index is 44.5. The highest BCUT2D eigenvalue weighted by atomic mass is 16.7. The van der Waals surface area contributed by atoms with Crippen LogP contribution in [0.15, 0.2) is 0 Å². The van der Waals surface area contributed by atoms with Crippen LogP contribution in [-0.2, 0) is 9.47 Å². The molecule has 2 heteroatoms. The van der Waals surface area contributed by atoms with Crippen LogP contribution >= 0.6 is 0 Å². The number of rotatable bonds is 2. The number of hydrogen-bond donors (Lipinski definition) is 0. The maximum absolute atomic E-state index is 4.86. The zero-order valence-corrected chi connectivity index (χ0v) is 5.32. The Morgan fingerprint density at radius 1 is 1.00 bits per heavy atom. The molecule has 52 valence electrons. The molecule has 2 nitrogen and oxygen atoms in total. The average molecular weight is 120 g/mol. The highest BCUT2D eigenvalue weighted by Gasteiger charge is 2.11. The predicted molar refractivity (Wildman–Crippen MR) is 34.8 cm³/mol. The van der Waals surface area contributed by atoms with Crippen LogP contribution in [0, 0.1) is 0 Å². The van der Waals surface area contributed by atoms with E-state index in [1.165, 1.54) is 0 Å². The van der Waals surface area contributed by atoms with Crippen LogP contribution in [0.1, 0.15) is 21.3 Å². The molecule has 0 saturated carbocycles. The molecule has 0 bridgehead atoms. The average Bonchev–Trinajstić information content (AvgIpc) is 1.68. The van der Waals surface area contributed by atoms with Crippen LogP contribution in [-0.4, -0.2) is 20.0 Å². The standard InChI is InChI=1S/C5H12O2.CH4/c1-5(2,6-3)7-4;/h1-4H3;1H4.